The Morgan fingerprint density at radius 3 is 2.70 bits per heavy atom. The van der Waals surface area contributed by atoms with Gasteiger partial charge in [-0.3, -0.25) is 4.79 Å². The molecule has 0 aliphatic carbocycles. The van der Waals surface area contributed by atoms with Gasteiger partial charge in [0.25, 0.3) is 0 Å². The number of anilines is 1. The van der Waals surface area contributed by atoms with Crippen LogP contribution >= 0.6 is 0 Å². The highest BCUT2D eigenvalue weighted by Gasteiger charge is 2.23. The Kier molecular flexibility index (Phi) is 4.01. The van der Waals surface area contributed by atoms with Crippen LogP contribution in [0.1, 0.15) is 29.3 Å². The Labute approximate surface area is 130 Å². The predicted octanol–water partition coefficient (Wildman–Crippen LogP) is 3.29. The maximum Gasteiger partial charge on any atom is 0.201 e. The van der Waals surface area contributed by atoms with Gasteiger partial charge in [0.2, 0.25) is 5.78 Å². The van der Waals surface area contributed by atoms with E-state index in [2.05, 4.69) is 20.3 Å². The molecule has 0 aliphatic heterocycles. The molecule has 0 amide bonds. The fraction of sp³-hybridized carbons (Fsp3) is 0.188. The molecule has 5 nitrogen and oxygen atoms in total. The van der Waals surface area contributed by atoms with E-state index in [-0.39, 0.29) is 5.56 Å². The van der Waals surface area contributed by atoms with Gasteiger partial charge < -0.3 is 10.3 Å². The average molecular weight is 316 g/mol. The lowest BCUT2D eigenvalue weighted by molar-refractivity contribution is 0.103. The van der Waals surface area contributed by atoms with Gasteiger partial charge in [0, 0.05) is 12.7 Å². The SMILES string of the molecule is CCCNc1ncnc2[nH]cc(C(=O)c3c(F)cccc3F)c12. The minimum Gasteiger partial charge on any atom is -0.369 e. The van der Waals surface area contributed by atoms with Gasteiger partial charge in [-0.1, -0.05) is 13.0 Å². The molecular formula is C16H14F2N4O. The van der Waals surface area contributed by atoms with E-state index in [1.807, 2.05) is 6.92 Å². The van der Waals surface area contributed by atoms with E-state index in [0.29, 0.717) is 23.4 Å². The molecule has 0 spiro atoms. The van der Waals surface area contributed by atoms with Crippen molar-refractivity contribution in [1.82, 2.24) is 15.0 Å². The normalized spacial score (nSPS) is 10.9. The maximum atomic E-state index is 13.9. The van der Waals surface area contributed by atoms with Crippen molar-refractivity contribution in [3.05, 3.63) is 53.5 Å². The van der Waals surface area contributed by atoms with Crippen LogP contribution in [0.5, 0.6) is 0 Å². The van der Waals surface area contributed by atoms with Crippen LogP contribution < -0.4 is 5.32 Å². The summed E-state index contributed by atoms with van der Waals surface area (Å²) in [6, 6.07) is 3.32. The van der Waals surface area contributed by atoms with E-state index in [4.69, 9.17) is 0 Å². The predicted molar refractivity (Wildman–Crippen MR) is 82.5 cm³/mol. The van der Waals surface area contributed by atoms with Gasteiger partial charge in [0.15, 0.2) is 0 Å². The molecule has 0 radical (unpaired) electrons. The van der Waals surface area contributed by atoms with Gasteiger partial charge in [-0.15, -0.1) is 0 Å². The lowest BCUT2D eigenvalue weighted by atomic mass is 10.0. The molecule has 1 aromatic carbocycles. The Hall–Kier alpha value is -2.83. The van der Waals surface area contributed by atoms with Crippen molar-refractivity contribution in [3.8, 4) is 0 Å². The third-order valence-corrected chi connectivity index (χ3v) is 3.45. The number of halogens is 2. The number of H-pyrrole nitrogens is 1. The number of carbonyl (C=O) groups is 1. The number of rotatable bonds is 5. The topological polar surface area (TPSA) is 70.7 Å². The molecule has 0 fully saturated rings. The summed E-state index contributed by atoms with van der Waals surface area (Å²) in [7, 11) is 0. The second-order valence-electron chi connectivity index (χ2n) is 5.00. The molecule has 2 N–H and O–H groups in total. The fourth-order valence-corrected chi connectivity index (χ4v) is 2.37. The third-order valence-electron chi connectivity index (χ3n) is 3.45. The molecule has 0 aliphatic rings. The highest BCUT2D eigenvalue weighted by molar-refractivity contribution is 6.18. The summed E-state index contributed by atoms with van der Waals surface area (Å²) in [5.74, 6) is -2.09. The molecule has 7 heteroatoms. The van der Waals surface area contributed by atoms with E-state index in [1.165, 1.54) is 18.6 Å². The average Bonchev–Trinajstić information content (AvgIpc) is 2.97. The van der Waals surface area contributed by atoms with Crippen LogP contribution in [0, 0.1) is 11.6 Å². The zero-order valence-electron chi connectivity index (χ0n) is 12.4. The minimum absolute atomic E-state index is 0.128. The zero-order chi connectivity index (χ0) is 16.4. The van der Waals surface area contributed by atoms with Crippen LogP contribution in [0.3, 0.4) is 0 Å². The van der Waals surface area contributed by atoms with Gasteiger partial charge in [0.05, 0.1) is 16.5 Å². The summed E-state index contributed by atoms with van der Waals surface area (Å²) in [4.78, 5) is 23.6. The first-order valence-electron chi connectivity index (χ1n) is 7.18. The van der Waals surface area contributed by atoms with Crippen molar-refractivity contribution in [2.24, 2.45) is 0 Å². The van der Waals surface area contributed by atoms with Crippen molar-refractivity contribution in [2.75, 3.05) is 11.9 Å². The molecule has 0 unspecified atom stereocenters. The largest absolute Gasteiger partial charge is 0.369 e. The highest BCUT2D eigenvalue weighted by Crippen LogP contribution is 2.27. The molecule has 0 atom stereocenters. The summed E-state index contributed by atoms with van der Waals surface area (Å²) in [5.41, 5.74) is -0.0272. The molecule has 2 aromatic heterocycles. The second kappa shape index (κ2) is 6.12. The number of carbonyl (C=O) groups excluding carboxylic acids is 1. The van der Waals surface area contributed by atoms with E-state index < -0.39 is 23.0 Å². The zero-order valence-corrected chi connectivity index (χ0v) is 12.4. The van der Waals surface area contributed by atoms with Crippen LogP contribution in [0.25, 0.3) is 11.0 Å². The van der Waals surface area contributed by atoms with Crippen molar-refractivity contribution in [1.29, 1.82) is 0 Å². The van der Waals surface area contributed by atoms with E-state index in [9.17, 15) is 13.6 Å². The second-order valence-corrected chi connectivity index (χ2v) is 5.00. The number of nitrogens with one attached hydrogen (secondary N) is 2. The number of benzene rings is 1. The first-order valence-corrected chi connectivity index (χ1v) is 7.18. The first kappa shape index (κ1) is 15.1. The number of aromatic amines is 1. The van der Waals surface area contributed by atoms with Crippen molar-refractivity contribution in [2.45, 2.75) is 13.3 Å². The molecule has 0 bridgehead atoms. The standard InChI is InChI=1S/C16H14F2N4O/c1-2-6-19-15-12-9(7-20-16(12)22-8-21-15)14(23)13-10(17)4-3-5-11(13)18/h3-5,7-8H,2,6H2,1H3,(H2,19,20,21,22). The molecule has 3 rings (SSSR count). The van der Waals surface area contributed by atoms with Crippen LogP contribution in [0.4, 0.5) is 14.6 Å². The summed E-state index contributed by atoms with van der Waals surface area (Å²) in [6.07, 6.45) is 3.61. The van der Waals surface area contributed by atoms with Crippen molar-refractivity contribution < 1.29 is 13.6 Å². The van der Waals surface area contributed by atoms with Crippen LogP contribution in [0.15, 0.2) is 30.7 Å². The minimum atomic E-state index is -0.899. The number of hydrogen-bond acceptors (Lipinski definition) is 4. The molecule has 3 aromatic rings. The van der Waals surface area contributed by atoms with Crippen molar-refractivity contribution >= 4 is 22.6 Å². The quantitative estimate of drug-likeness (QED) is 0.709. The monoisotopic (exact) mass is 316 g/mol. The van der Waals surface area contributed by atoms with E-state index in [0.717, 1.165) is 18.6 Å². The number of nitrogens with zero attached hydrogens (tertiary/aromatic N) is 2. The summed E-state index contributed by atoms with van der Waals surface area (Å²) >= 11 is 0. The Morgan fingerprint density at radius 1 is 1.26 bits per heavy atom. The van der Waals surface area contributed by atoms with Gasteiger partial charge in [-0.25, -0.2) is 18.7 Å². The van der Waals surface area contributed by atoms with Gasteiger partial charge in [-0.2, -0.15) is 0 Å². The maximum absolute atomic E-state index is 13.9. The van der Waals surface area contributed by atoms with Crippen LogP contribution in [-0.2, 0) is 0 Å². The summed E-state index contributed by atoms with van der Waals surface area (Å²) in [6.45, 7) is 2.64. The first-order chi connectivity index (χ1) is 11.1. The third kappa shape index (κ3) is 2.65. The lowest BCUT2D eigenvalue weighted by Crippen LogP contribution is -2.09. The molecule has 118 valence electrons. The van der Waals surface area contributed by atoms with Gasteiger partial charge in [0.1, 0.15) is 29.4 Å². The lowest BCUT2D eigenvalue weighted by Gasteiger charge is -2.07. The molecule has 0 saturated carbocycles. The molecule has 2 heterocycles. The number of aromatic nitrogens is 3. The van der Waals surface area contributed by atoms with Crippen LogP contribution in [0.2, 0.25) is 0 Å². The van der Waals surface area contributed by atoms with E-state index in [1.54, 1.807) is 0 Å². The van der Waals surface area contributed by atoms with E-state index >= 15 is 0 Å². The van der Waals surface area contributed by atoms with Gasteiger partial charge in [-0.05, 0) is 18.6 Å². The number of fused-ring (bicyclic) bond motifs is 1. The van der Waals surface area contributed by atoms with Crippen LogP contribution in [-0.4, -0.2) is 27.3 Å². The fourth-order valence-electron chi connectivity index (χ4n) is 2.37. The molecule has 23 heavy (non-hydrogen) atoms. The van der Waals surface area contributed by atoms with Gasteiger partial charge >= 0.3 is 0 Å². The smallest absolute Gasteiger partial charge is 0.201 e. The molecule has 0 saturated heterocycles. The van der Waals surface area contributed by atoms with Crippen molar-refractivity contribution in [3.63, 3.8) is 0 Å². The Balaban J connectivity index is 2.15. The highest BCUT2D eigenvalue weighted by atomic mass is 19.1. The summed E-state index contributed by atoms with van der Waals surface area (Å²) in [5, 5.41) is 3.51. The number of ketones is 1. The Bertz CT molecular complexity index is 855. The summed E-state index contributed by atoms with van der Waals surface area (Å²) < 4.78 is 27.8. The Morgan fingerprint density at radius 2 is 2.00 bits per heavy atom. The molecular weight excluding hydrogens is 302 g/mol. The number of hydrogen-bond donors (Lipinski definition) is 2.